The Morgan fingerprint density at radius 3 is 2.49 bits per heavy atom. The average molecular weight is 1160 g/mol. The van der Waals surface area contributed by atoms with E-state index in [0.717, 1.165) is 94.8 Å². The van der Waals surface area contributed by atoms with Crippen LogP contribution in [0, 0.1) is 34.2 Å². The molecule has 2 aliphatic heterocycles. The molecule has 2 saturated heterocycles. The largest absolute Gasteiger partial charge is 0.495 e. The van der Waals surface area contributed by atoms with E-state index in [1.807, 2.05) is 0 Å². The number of aliphatic hydroxyl groups is 1. The number of H-pyrrole nitrogens is 1. The lowest BCUT2D eigenvalue weighted by Gasteiger charge is -2.58. The third kappa shape index (κ3) is 11.7. The van der Waals surface area contributed by atoms with Gasteiger partial charge < -0.3 is 34.5 Å². The number of rotatable bonds is 18. The molecule has 1 amide bonds. The monoisotopic (exact) mass is 1160 g/mol. The van der Waals surface area contributed by atoms with Crippen LogP contribution in [-0.4, -0.2) is 114 Å². The van der Waals surface area contributed by atoms with Gasteiger partial charge in [-0.2, -0.15) is 4.98 Å². The number of nitrogens with zero attached hydrogens (tertiary/aromatic N) is 6. The molecule has 2 saturated carbocycles. The second kappa shape index (κ2) is 23.0. The highest BCUT2D eigenvalue weighted by Gasteiger charge is 2.50. The molecule has 4 N–H and O–H groups in total. The number of nitrogens with one attached hydrogen (secondary N) is 3. The lowest BCUT2D eigenvalue weighted by molar-refractivity contribution is -0.384. The summed E-state index contributed by atoms with van der Waals surface area (Å²) in [4.78, 5) is 45.6. The van der Waals surface area contributed by atoms with Gasteiger partial charge in [0.25, 0.3) is 21.8 Å². The number of anilines is 2. The highest BCUT2D eigenvalue weighted by Crippen LogP contribution is 2.54. The Hall–Kier alpha value is -6.91. The number of hydrogen-bond donors (Lipinski definition) is 4. The van der Waals surface area contributed by atoms with E-state index in [0.29, 0.717) is 44.2 Å². The minimum atomic E-state index is -4.75. The number of piperazine rings is 1. The zero-order valence-electron chi connectivity index (χ0n) is 47.3. The van der Waals surface area contributed by atoms with E-state index in [9.17, 15) is 28.4 Å². The maximum Gasteiger partial charge on any atom is 0.312 e. The van der Waals surface area contributed by atoms with E-state index in [4.69, 9.17) is 14.2 Å². The molecule has 11 rings (SSSR count). The van der Waals surface area contributed by atoms with Crippen LogP contribution in [0.2, 0.25) is 0 Å². The number of halogens is 1. The summed E-state index contributed by atoms with van der Waals surface area (Å²) in [6, 6.07) is 23.5. The number of ether oxygens (including phenoxy) is 3. The molecule has 18 nitrogen and oxygen atoms in total. The highest BCUT2D eigenvalue weighted by molar-refractivity contribution is 7.90. The van der Waals surface area contributed by atoms with E-state index in [2.05, 4.69) is 103 Å². The van der Waals surface area contributed by atoms with Gasteiger partial charge in [0, 0.05) is 98.2 Å². The minimum Gasteiger partial charge on any atom is -0.495 e. The van der Waals surface area contributed by atoms with E-state index < -0.39 is 42.9 Å². The molecule has 3 aromatic carbocycles. The molecule has 1 spiro atoms. The number of carbonyl (C=O) groups excluding carboxylic acids is 1. The quantitative estimate of drug-likeness (QED) is 0.0464. The van der Waals surface area contributed by atoms with Crippen molar-refractivity contribution >= 4 is 65.6 Å². The summed E-state index contributed by atoms with van der Waals surface area (Å²) in [6.07, 6.45) is 8.79. The van der Waals surface area contributed by atoms with Gasteiger partial charge in [-0.05, 0) is 130 Å². The summed E-state index contributed by atoms with van der Waals surface area (Å²) in [6.45, 7) is 16.0. The fourth-order valence-corrected chi connectivity index (χ4v) is 14.9. The molecule has 434 valence electrons. The van der Waals surface area contributed by atoms with Crippen molar-refractivity contribution in [3.8, 4) is 23.1 Å². The van der Waals surface area contributed by atoms with Gasteiger partial charge in [-0.3, -0.25) is 24.7 Å². The van der Waals surface area contributed by atoms with Crippen LogP contribution in [0.15, 0.2) is 90.1 Å². The Bertz CT molecular complexity index is 3640. The number of carbonyl (C=O) groups is 1. The van der Waals surface area contributed by atoms with Gasteiger partial charge >= 0.3 is 5.69 Å². The number of nitro groups is 1. The Morgan fingerprint density at radius 1 is 0.988 bits per heavy atom. The molecule has 4 aliphatic rings. The van der Waals surface area contributed by atoms with Crippen LogP contribution in [-0.2, 0) is 16.6 Å². The van der Waals surface area contributed by atoms with E-state index in [1.165, 1.54) is 43.8 Å². The minimum absolute atomic E-state index is 0.00716. The summed E-state index contributed by atoms with van der Waals surface area (Å²) < 4.78 is 64.3. The van der Waals surface area contributed by atoms with Crippen molar-refractivity contribution in [3.05, 3.63) is 128 Å². The Kier molecular flexibility index (Phi) is 16.0. The molecular formula is C61H72FN9O9S2. The average Bonchev–Trinajstić information content (AvgIpc) is 4.14. The molecule has 21 heteroatoms. The van der Waals surface area contributed by atoms with Gasteiger partial charge in [0.1, 0.15) is 27.9 Å². The molecular weight excluding hydrogens is 1090 g/mol. The SMILES string of the molecule is CCOc1nc2[nH]cc(F)c2cc1Oc1cc(N2CCC3(CC2)CC(N2CCN(Cc4ccc(OC)c5sc(C)cc45)C[C@H]2c2ccccc2C(C)C)C3)ccc1C(=O)NS(=O)(=O)c1cnc(NCC2CCC(C)(O)CC2)c([N+](=O)[O-])c1. The van der Waals surface area contributed by atoms with Crippen molar-refractivity contribution in [1.29, 1.82) is 0 Å². The van der Waals surface area contributed by atoms with Gasteiger partial charge in [-0.15, -0.1) is 11.3 Å². The number of fused-ring (bicyclic) bond motifs is 2. The number of aromatic amines is 1. The van der Waals surface area contributed by atoms with Crippen LogP contribution < -0.4 is 29.1 Å². The van der Waals surface area contributed by atoms with Crippen LogP contribution in [0.1, 0.15) is 123 Å². The first-order chi connectivity index (χ1) is 39.3. The Labute approximate surface area is 481 Å². The number of hydrogen-bond acceptors (Lipinski definition) is 16. The molecule has 7 aromatic rings. The van der Waals surface area contributed by atoms with Crippen LogP contribution in [0.3, 0.4) is 0 Å². The van der Waals surface area contributed by atoms with E-state index in [1.54, 1.807) is 44.4 Å². The molecule has 2 aliphatic carbocycles. The Balaban J connectivity index is 0.811. The van der Waals surface area contributed by atoms with Gasteiger partial charge in [0.05, 0.1) is 46.1 Å². The highest BCUT2D eigenvalue weighted by atomic mass is 32.2. The summed E-state index contributed by atoms with van der Waals surface area (Å²) in [5.41, 5.74) is 3.72. The zero-order valence-corrected chi connectivity index (χ0v) is 48.9. The number of aromatic nitrogens is 3. The molecule has 1 atom stereocenters. The van der Waals surface area contributed by atoms with Crippen LogP contribution >= 0.6 is 11.3 Å². The van der Waals surface area contributed by atoms with Crippen LogP contribution in [0.5, 0.6) is 23.1 Å². The van der Waals surface area contributed by atoms with Crippen molar-refractivity contribution in [1.82, 2.24) is 29.5 Å². The first kappa shape index (κ1) is 56.9. The predicted octanol–water partition coefficient (Wildman–Crippen LogP) is 11.6. The van der Waals surface area contributed by atoms with Crippen molar-refractivity contribution < 1.29 is 41.8 Å². The number of sulfonamides is 1. The number of piperidine rings is 1. The number of methoxy groups -OCH3 is 1. The maximum absolute atomic E-state index is 15.0. The summed E-state index contributed by atoms with van der Waals surface area (Å²) >= 11 is 1.78. The second-order valence-electron chi connectivity index (χ2n) is 23.4. The van der Waals surface area contributed by atoms with Crippen molar-refractivity contribution in [2.45, 2.75) is 121 Å². The normalized spacial score (nSPS) is 20.8. The molecule has 4 aromatic heterocycles. The molecule has 0 bridgehead atoms. The van der Waals surface area contributed by atoms with Gasteiger partial charge in [-0.1, -0.05) is 44.2 Å². The number of amides is 1. The topological polar surface area (TPSA) is 218 Å². The molecule has 6 heterocycles. The Morgan fingerprint density at radius 2 is 1.76 bits per heavy atom. The van der Waals surface area contributed by atoms with Crippen molar-refractivity contribution in [2.24, 2.45) is 11.3 Å². The number of pyridine rings is 2. The summed E-state index contributed by atoms with van der Waals surface area (Å²) in [7, 11) is -3.01. The van der Waals surface area contributed by atoms with Crippen molar-refractivity contribution in [3.63, 3.8) is 0 Å². The lowest BCUT2D eigenvalue weighted by atomic mass is 9.59. The third-order valence-corrected chi connectivity index (χ3v) is 19.9. The van der Waals surface area contributed by atoms with Gasteiger partial charge in [-0.25, -0.2) is 22.5 Å². The first-order valence-corrected chi connectivity index (χ1v) is 30.8. The first-order valence-electron chi connectivity index (χ1n) is 28.5. The van der Waals surface area contributed by atoms with Gasteiger partial charge in [0.15, 0.2) is 5.75 Å². The number of benzene rings is 3. The van der Waals surface area contributed by atoms with Crippen LogP contribution in [0.25, 0.3) is 21.1 Å². The maximum atomic E-state index is 15.0. The van der Waals surface area contributed by atoms with Crippen LogP contribution in [0.4, 0.5) is 21.6 Å². The summed E-state index contributed by atoms with van der Waals surface area (Å²) in [5, 5.41) is 27.0. The molecule has 0 radical (unpaired) electrons. The fourth-order valence-electron chi connectivity index (χ4n) is 12.9. The smallest absolute Gasteiger partial charge is 0.312 e. The standard InChI is InChI=1S/C61H72FN9O9S2/c1-7-79-59-54(29-48-49(62)34-65-56(48)66-59)80-53-27-41(13-14-46(53)58(72)67-82(76,77)43-28-50(71(74)75)57(64-33-43)63-32-39-16-18-60(5,73)19-17-39)69-22-20-61(21-23-69)30-42(31-61)70-25-24-68(36-51(70)45-11-9-8-10-44(45)37(2)3)35-40-12-15-52(78-6)55-47(40)26-38(4)81-55/h8-15,26-29,33-34,37,39,42,51,73H,7,16-25,30-32,35-36H2,1-6H3,(H,63,64)(H,65,66)(H,67,72)/t39?,51-,60?/m0/s1. The van der Waals surface area contributed by atoms with Gasteiger partial charge in [0.2, 0.25) is 5.82 Å². The fraction of sp³-hybridized carbons (Fsp3) is 0.459. The third-order valence-electron chi connectivity index (χ3n) is 17.5. The summed E-state index contributed by atoms with van der Waals surface area (Å²) in [5.74, 6) is -0.385. The van der Waals surface area contributed by atoms with E-state index in [-0.39, 0.29) is 63.8 Å². The van der Waals surface area contributed by atoms with E-state index >= 15 is 4.39 Å². The van der Waals surface area contributed by atoms with Crippen molar-refractivity contribution in [2.75, 3.05) is 63.2 Å². The molecule has 4 fully saturated rings. The molecule has 0 unspecified atom stereocenters. The lowest BCUT2D eigenvalue weighted by Crippen LogP contribution is -2.60. The zero-order chi connectivity index (χ0) is 57.7. The number of thiophene rings is 1. The molecule has 82 heavy (non-hydrogen) atoms. The number of aryl methyl sites for hydroxylation is 1. The second-order valence-corrected chi connectivity index (χ2v) is 26.4. The predicted molar refractivity (Wildman–Crippen MR) is 316 cm³/mol.